The van der Waals surface area contributed by atoms with E-state index in [0.29, 0.717) is 12.1 Å². The summed E-state index contributed by atoms with van der Waals surface area (Å²) in [6.07, 6.45) is 6.69. The summed E-state index contributed by atoms with van der Waals surface area (Å²) in [5.41, 5.74) is 1.04. The van der Waals surface area contributed by atoms with Crippen LogP contribution in [0.1, 0.15) is 31.9 Å². The fraction of sp³-hybridized carbons (Fsp3) is 0.833. The zero-order valence-electron chi connectivity index (χ0n) is 10.7. The fourth-order valence-corrected chi connectivity index (χ4v) is 2.30. The van der Waals surface area contributed by atoms with E-state index in [1.54, 1.807) is 4.68 Å². The van der Waals surface area contributed by atoms with E-state index >= 15 is 0 Å². The van der Waals surface area contributed by atoms with E-state index in [1.165, 1.54) is 6.42 Å². The maximum Gasteiger partial charge on any atom is 0.0843 e. The predicted molar refractivity (Wildman–Crippen MR) is 65.8 cm³/mol. The molecule has 0 bridgehead atoms. The first-order chi connectivity index (χ1) is 8.29. The molecule has 2 heterocycles. The first-order valence-electron chi connectivity index (χ1n) is 6.49. The zero-order valence-corrected chi connectivity index (χ0v) is 10.7. The van der Waals surface area contributed by atoms with Gasteiger partial charge in [0.1, 0.15) is 0 Å². The number of aryl methyl sites for hydroxylation is 1. The summed E-state index contributed by atoms with van der Waals surface area (Å²) < 4.78 is 7.53. The van der Waals surface area contributed by atoms with Gasteiger partial charge in [-0.25, -0.2) is 0 Å². The third kappa shape index (κ3) is 3.51. The summed E-state index contributed by atoms with van der Waals surface area (Å²) >= 11 is 0. The van der Waals surface area contributed by atoms with Gasteiger partial charge in [-0.2, -0.15) is 0 Å². The minimum atomic E-state index is 0.337. The monoisotopic (exact) mass is 238 g/mol. The molecule has 17 heavy (non-hydrogen) atoms. The SMILES string of the molecule is CCCNC(Cc1cn(C)nn1)C1CCCO1. The number of aromatic nitrogens is 3. The van der Waals surface area contributed by atoms with Gasteiger partial charge in [0.15, 0.2) is 0 Å². The van der Waals surface area contributed by atoms with Crippen LogP contribution in [0.4, 0.5) is 0 Å². The third-order valence-corrected chi connectivity index (χ3v) is 3.15. The predicted octanol–water partition coefficient (Wildman–Crippen LogP) is 0.905. The second-order valence-corrected chi connectivity index (χ2v) is 4.70. The van der Waals surface area contributed by atoms with Gasteiger partial charge in [-0.3, -0.25) is 4.68 Å². The quantitative estimate of drug-likeness (QED) is 0.800. The minimum Gasteiger partial charge on any atom is -0.377 e. The van der Waals surface area contributed by atoms with Crippen LogP contribution in [0.2, 0.25) is 0 Å². The van der Waals surface area contributed by atoms with Gasteiger partial charge in [-0.05, 0) is 25.8 Å². The van der Waals surface area contributed by atoms with Crippen molar-refractivity contribution in [2.24, 2.45) is 7.05 Å². The van der Waals surface area contributed by atoms with Crippen LogP contribution < -0.4 is 5.32 Å². The molecule has 0 aromatic carbocycles. The number of nitrogens with zero attached hydrogens (tertiary/aromatic N) is 3. The van der Waals surface area contributed by atoms with Crippen molar-refractivity contribution >= 4 is 0 Å². The van der Waals surface area contributed by atoms with Gasteiger partial charge in [0, 0.05) is 32.3 Å². The Bertz CT molecular complexity index is 333. The van der Waals surface area contributed by atoms with Crippen molar-refractivity contribution in [2.45, 2.75) is 44.8 Å². The van der Waals surface area contributed by atoms with Crippen LogP contribution >= 0.6 is 0 Å². The second-order valence-electron chi connectivity index (χ2n) is 4.70. The Morgan fingerprint density at radius 1 is 1.65 bits per heavy atom. The van der Waals surface area contributed by atoms with Gasteiger partial charge >= 0.3 is 0 Å². The number of rotatable bonds is 6. The van der Waals surface area contributed by atoms with E-state index in [-0.39, 0.29) is 0 Å². The normalized spacial score (nSPS) is 21.9. The molecular formula is C12H22N4O. The molecule has 1 aromatic heterocycles. The highest BCUT2D eigenvalue weighted by Gasteiger charge is 2.26. The molecule has 0 saturated carbocycles. The van der Waals surface area contributed by atoms with Crippen molar-refractivity contribution in [3.8, 4) is 0 Å². The molecule has 5 heteroatoms. The first-order valence-corrected chi connectivity index (χ1v) is 6.49. The van der Waals surface area contributed by atoms with E-state index in [0.717, 1.165) is 38.1 Å². The van der Waals surface area contributed by atoms with Gasteiger partial charge in [0.05, 0.1) is 11.8 Å². The van der Waals surface area contributed by atoms with Crippen LogP contribution in [0.3, 0.4) is 0 Å². The highest BCUT2D eigenvalue weighted by molar-refractivity contribution is 4.98. The van der Waals surface area contributed by atoms with E-state index in [1.807, 2.05) is 13.2 Å². The molecule has 5 nitrogen and oxygen atoms in total. The Morgan fingerprint density at radius 2 is 2.53 bits per heavy atom. The van der Waals surface area contributed by atoms with Crippen LogP contribution in [0.25, 0.3) is 0 Å². The topological polar surface area (TPSA) is 52.0 Å². The van der Waals surface area contributed by atoms with Crippen LogP contribution in [-0.4, -0.2) is 40.3 Å². The summed E-state index contributed by atoms with van der Waals surface area (Å²) in [4.78, 5) is 0. The van der Waals surface area contributed by atoms with Crippen molar-refractivity contribution in [3.05, 3.63) is 11.9 Å². The lowest BCUT2D eigenvalue weighted by atomic mass is 10.0. The standard InChI is InChI=1S/C12H22N4O/c1-3-6-13-11(12-5-4-7-17-12)8-10-9-16(2)15-14-10/h9,11-13H,3-8H2,1-2H3. The molecule has 1 aromatic rings. The Kier molecular flexibility index (Phi) is 4.50. The summed E-state index contributed by atoms with van der Waals surface area (Å²) in [5, 5.41) is 11.7. The fourth-order valence-electron chi connectivity index (χ4n) is 2.30. The smallest absolute Gasteiger partial charge is 0.0843 e. The number of nitrogens with one attached hydrogen (secondary N) is 1. The Labute approximate surface area is 103 Å². The lowest BCUT2D eigenvalue weighted by Crippen LogP contribution is -2.41. The molecule has 1 fully saturated rings. The molecule has 0 aliphatic carbocycles. The van der Waals surface area contributed by atoms with Gasteiger partial charge in [-0.15, -0.1) is 5.10 Å². The van der Waals surface area contributed by atoms with Crippen LogP contribution in [0, 0.1) is 0 Å². The minimum absolute atomic E-state index is 0.337. The largest absolute Gasteiger partial charge is 0.377 e. The molecule has 1 N–H and O–H groups in total. The maximum atomic E-state index is 5.77. The van der Waals surface area contributed by atoms with E-state index in [9.17, 15) is 0 Å². The average molecular weight is 238 g/mol. The molecule has 2 unspecified atom stereocenters. The van der Waals surface area contributed by atoms with Crippen molar-refractivity contribution in [3.63, 3.8) is 0 Å². The summed E-state index contributed by atoms with van der Waals surface area (Å²) in [6.45, 7) is 4.11. The third-order valence-electron chi connectivity index (χ3n) is 3.15. The molecule has 2 rings (SSSR count). The highest BCUT2D eigenvalue weighted by atomic mass is 16.5. The summed E-state index contributed by atoms with van der Waals surface area (Å²) in [7, 11) is 1.90. The molecule has 2 atom stereocenters. The van der Waals surface area contributed by atoms with Crippen LogP contribution in [-0.2, 0) is 18.2 Å². The number of hydrogen-bond donors (Lipinski definition) is 1. The lowest BCUT2D eigenvalue weighted by Gasteiger charge is -2.23. The van der Waals surface area contributed by atoms with E-state index in [2.05, 4.69) is 22.6 Å². The molecular weight excluding hydrogens is 216 g/mol. The van der Waals surface area contributed by atoms with Crippen LogP contribution in [0.15, 0.2) is 6.20 Å². The Balaban J connectivity index is 1.94. The average Bonchev–Trinajstić information content (AvgIpc) is 2.95. The van der Waals surface area contributed by atoms with Crippen molar-refractivity contribution in [1.82, 2.24) is 20.3 Å². The second kappa shape index (κ2) is 6.12. The van der Waals surface area contributed by atoms with Crippen molar-refractivity contribution in [2.75, 3.05) is 13.2 Å². The van der Waals surface area contributed by atoms with Gasteiger partial charge < -0.3 is 10.1 Å². The van der Waals surface area contributed by atoms with E-state index < -0.39 is 0 Å². The van der Waals surface area contributed by atoms with Crippen LogP contribution in [0.5, 0.6) is 0 Å². The first kappa shape index (κ1) is 12.5. The highest BCUT2D eigenvalue weighted by Crippen LogP contribution is 2.18. The zero-order chi connectivity index (χ0) is 12.1. The molecule has 96 valence electrons. The van der Waals surface area contributed by atoms with Crippen molar-refractivity contribution in [1.29, 1.82) is 0 Å². The molecule has 1 aliphatic rings. The molecule has 1 saturated heterocycles. The molecule has 1 aliphatic heterocycles. The Hall–Kier alpha value is -0.940. The molecule has 0 radical (unpaired) electrons. The Morgan fingerprint density at radius 3 is 3.12 bits per heavy atom. The van der Waals surface area contributed by atoms with E-state index in [4.69, 9.17) is 4.74 Å². The number of hydrogen-bond acceptors (Lipinski definition) is 4. The lowest BCUT2D eigenvalue weighted by molar-refractivity contribution is 0.0781. The summed E-state index contributed by atoms with van der Waals surface area (Å²) in [5.74, 6) is 0. The molecule has 0 spiro atoms. The summed E-state index contributed by atoms with van der Waals surface area (Å²) in [6, 6.07) is 0.370. The van der Waals surface area contributed by atoms with Crippen molar-refractivity contribution < 1.29 is 4.74 Å². The van der Waals surface area contributed by atoms with Gasteiger partial charge in [0.2, 0.25) is 0 Å². The molecule has 0 amide bonds. The van der Waals surface area contributed by atoms with Gasteiger partial charge in [-0.1, -0.05) is 12.1 Å². The van der Waals surface area contributed by atoms with Gasteiger partial charge in [0.25, 0.3) is 0 Å². The maximum absolute atomic E-state index is 5.77. The number of ether oxygens (including phenoxy) is 1.